The third kappa shape index (κ3) is 7.09. The predicted octanol–water partition coefficient (Wildman–Crippen LogP) is 1.19. The van der Waals surface area contributed by atoms with E-state index in [9.17, 15) is 18.0 Å². The molecule has 9 heteroatoms. The predicted molar refractivity (Wildman–Crippen MR) is 90.4 cm³/mol. The molecule has 1 amide bonds. The third-order valence-electron chi connectivity index (χ3n) is 4.41. The average Bonchev–Trinajstić information content (AvgIpc) is 3.17. The van der Waals surface area contributed by atoms with Gasteiger partial charge in [-0.2, -0.15) is 13.2 Å². The zero-order valence-corrected chi connectivity index (χ0v) is 14.7. The van der Waals surface area contributed by atoms with Gasteiger partial charge in [-0.25, -0.2) is 0 Å². The first-order valence-corrected chi connectivity index (χ1v) is 8.99. The van der Waals surface area contributed by atoms with Crippen LogP contribution in [-0.2, 0) is 4.79 Å². The van der Waals surface area contributed by atoms with Crippen molar-refractivity contribution in [3.05, 3.63) is 0 Å². The Labute approximate surface area is 146 Å². The van der Waals surface area contributed by atoms with E-state index in [-0.39, 0.29) is 11.9 Å². The summed E-state index contributed by atoms with van der Waals surface area (Å²) < 4.78 is 37.4. The molecule has 0 bridgehead atoms. The lowest BCUT2D eigenvalue weighted by Crippen LogP contribution is -2.45. The molecule has 25 heavy (non-hydrogen) atoms. The minimum absolute atomic E-state index is 0.0607. The van der Waals surface area contributed by atoms with Crippen LogP contribution in [0.3, 0.4) is 0 Å². The molecule has 2 fully saturated rings. The van der Waals surface area contributed by atoms with E-state index in [1.165, 1.54) is 4.90 Å². The number of carbonyl (C=O) groups excluding carboxylic acids is 1. The lowest BCUT2D eigenvalue weighted by Gasteiger charge is -2.20. The Balaban J connectivity index is 1.76. The Bertz CT molecular complexity index is 463. The van der Waals surface area contributed by atoms with Crippen LogP contribution in [0.5, 0.6) is 0 Å². The fourth-order valence-corrected chi connectivity index (χ4v) is 3.25. The number of alkyl halides is 3. The van der Waals surface area contributed by atoms with Gasteiger partial charge < -0.3 is 15.5 Å². The second-order valence-electron chi connectivity index (χ2n) is 6.58. The van der Waals surface area contributed by atoms with Crippen molar-refractivity contribution in [3.8, 4) is 0 Å². The van der Waals surface area contributed by atoms with Crippen LogP contribution in [-0.4, -0.2) is 79.7 Å². The van der Waals surface area contributed by atoms with Crippen LogP contribution in [0.2, 0.25) is 0 Å². The first kappa shape index (κ1) is 19.8. The quantitative estimate of drug-likeness (QED) is 0.550. The van der Waals surface area contributed by atoms with E-state index in [4.69, 9.17) is 0 Å². The molecular formula is C16H28F3N5O. The second kappa shape index (κ2) is 9.26. The molecule has 2 rings (SSSR count). The van der Waals surface area contributed by atoms with E-state index in [2.05, 4.69) is 15.6 Å². The number of guanidine groups is 1. The van der Waals surface area contributed by atoms with Crippen LogP contribution in [0.25, 0.3) is 0 Å². The zero-order valence-electron chi connectivity index (χ0n) is 14.7. The molecule has 1 unspecified atom stereocenters. The summed E-state index contributed by atoms with van der Waals surface area (Å²) in [6.07, 6.45) is -1.03. The van der Waals surface area contributed by atoms with Crippen molar-refractivity contribution in [3.63, 3.8) is 0 Å². The van der Waals surface area contributed by atoms with E-state index in [1.807, 2.05) is 11.8 Å². The minimum atomic E-state index is -4.16. The molecule has 0 saturated carbocycles. The average molecular weight is 363 g/mol. The maximum absolute atomic E-state index is 12.5. The van der Waals surface area contributed by atoms with Gasteiger partial charge in [0, 0.05) is 45.2 Å². The molecule has 0 aromatic rings. The van der Waals surface area contributed by atoms with E-state index < -0.39 is 12.7 Å². The Morgan fingerprint density at radius 3 is 2.60 bits per heavy atom. The molecule has 144 valence electrons. The van der Waals surface area contributed by atoms with E-state index in [0.717, 1.165) is 25.9 Å². The van der Waals surface area contributed by atoms with Crippen LogP contribution < -0.4 is 10.6 Å². The molecular weight excluding hydrogens is 335 g/mol. The Kier molecular flexibility index (Phi) is 7.34. The molecule has 0 aromatic heterocycles. The highest BCUT2D eigenvalue weighted by atomic mass is 19.4. The second-order valence-corrected chi connectivity index (χ2v) is 6.58. The van der Waals surface area contributed by atoms with Crippen molar-refractivity contribution in [2.24, 2.45) is 4.99 Å². The van der Waals surface area contributed by atoms with Crippen LogP contribution in [0.4, 0.5) is 13.2 Å². The molecule has 2 N–H and O–H groups in total. The highest BCUT2D eigenvalue weighted by Crippen LogP contribution is 2.19. The highest BCUT2D eigenvalue weighted by molar-refractivity contribution is 5.81. The number of hydrogen-bond acceptors (Lipinski definition) is 3. The van der Waals surface area contributed by atoms with Crippen LogP contribution >= 0.6 is 0 Å². The molecule has 2 heterocycles. The van der Waals surface area contributed by atoms with Crippen LogP contribution in [0.1, 0.15) is 32.6 Å². The zero-order chi connectivity index (χ0) is 18.3. The Morgan fingerprint density at radius 2 is 1.96 bits per heavy atom. The summed E-state index contributed by atoms with van der Waals surface area (Å²) in [4.78, 5) is 19.7. The van der Waals surface area contributed by atoms with E-state index in [1.54, 1.807) is 0 Å². The van der Waals surface area contributed by atoms with Crippen molar-refractivity contribution in [2.45, 2.75) is 44.8 Å². The van der Waals surface area contributed by atoms with E-state index >= 15 is 0 Å². The number of halogens is 3. The summed E-state index contributed by atoms with van der Waals surface area (Å²) in [5, 5.41) is 6.27. The number of nitrogens with zero attached hydrogens (tertiary/aromatic N) is 3. The first-order valence-electron chi connectivity index (χ1n) is 8.99. The molecule has 0 spiro atoms. The molecule has 0 aliphatic carbocycles. The van der Waals surface area contributed by atoms with Gasteiger partial charge in [-0.15, -0.1) is 0 Å². The van der Waals surface area contributed by atoms with Gasteiger partial charge in [0.1, 0.15) is 0 Å². The summed E-state index contributed by atoms with van der Waals surface area (Å²) in [6, 6.07) is -0.0607. The topological polar surface area (TPSA) is 60.0 Å². The number of aliphatic imine (C=N–C) groups is 1. The summed E-state index contributed by atoms with van der Waals surface area (Å²) in [5.41, 5.74) is 0. The fourth-order valence-electron chi connectivity index (χ4n) is 3.25. The molecule has 0 radical (unpaired) electrons. The largest absolute Gasteiger partial charge is 0.401 e. The molecule has 2 saturated heterocycles. The lowest BCUT2D eigenvalue weighted by molar-refractivity contribution is -0.143. The number of amides is 1. The Morgan fingerprint density at radius 1 is 1.24 bits per heavy atom. The normalized spacial score (nSPS) is 22.5. The van der Waals surface area contributed by atoms with Crippen LogP contribution in [0, 0.1) is 0 Å². The molecule has 6 nitrogen and oxygen atoms in total. The lowest BCUT2D eigenvalue weighted by atomic mass is 10.3. The van der Waals surface area contributed by atoms with Gasteiger partial charge in [-0.05, 0) is 26.2 Å². The van der Waals surface area contributed by atoms with Crippen molar-refractivity contribution in [1.82, 2.24) is 20.4 Å². The summed E-state index contributed by atoms with van der Waals surface area (Å²) >= 11 is 0. The van der Waals surface area contributed by atoms with Gasteiger partial charge in [0.2, 0.25) is 5.91 Å². The molecule has 2 aliphatic heterocycles. The van der Waals surface area contributed by atoms with Crippen molar-refractivity contribution < 1.29 is 18.0 Å². The monoisotopic (exact) mass is 363 g/mol. The van der Waals surface area contributed by atoms with Crippen molar-refractivity contribution in [2.75, 3.05) is 45.8 Å². The smallest absolute Gasteiger partial charge is 0.357 e. The van der Waals surface area contributed by atoms with Crippen LogP contribution in [0.15, 0.2) is 4.99 Å². The summed E-state index contributed by atoms with van der Waals surface area (Å²) in [6.45, 7) is 4.52. The summed E-state index contributed by atoms with van der Waals surface area (Å²) in [7, 11) is 0. The number of hydrogen-bond donors (Lipinski definition) is 2. The van der Waals surface area contributed by atoms with Crippen molar-refractivity contribution in [1.29, 1.82) is 0 Å². The number of rotatable bonds is 6. The number of carbonyl (C=O) groups is 1. The first-order chi connectivity index (χ1) is 11.9. The SMILES string of the molecule is CCNC(=NCCC(=O)N1CCCC1)NC1CCN(CC(F)(F)F)C1. The third-order valence-corrected chi connectivity index (χ3v) is 4.41. The van der Waals surface area contributed by atoms with Crippen molar-refractivity contribution >= 4 is 11.9 Å². The highest BCUT2D eigenvalue weighted by Gasteiger charge is 2.34. The summed E-state index contributed by atoms with van der Waals surface area (Å²) in [5.74, 6) is 0.685. The standard InChI is InChI=1S/C16H28F3N5O/c1-2-20-15(21-7-5-14(25)24-8-3-4-9-24)22-13-6-10-23(11-13)12-16(17,18)19/h13H,2-12H2,1H3,(H2,20,21,22). The number of likely N-dealkylation sites (tertiary alicyclic amines) is 2. The molecule has 2 aliphatic rings. The molecule has 1 atom stereocenters. The minimum Gasteiger partial charge on any atom is -0.357 e. The maximum Gasteiger partial charge on any atom is 0.401 e. The van der Waals surface area contributed by atoms with Gasteiger partial charge >= 0.3 is 6.18 Å². The van der Waals surface area contributed by atoms with Gasteiger partial charge in [0.05, 0.1) is 13.1 Å². The number of nitrogens with one attached hydrogen (secondary N) is 2. The fraction of sp³-hybridized carbons (Fsp3) is 0.875. The Hall–Kier alpha value is -1.51. The van der Waals surface area contributed by atoms with E-state index in [0.29, 0.717) is 45.0 Å². The van der Waals surface area contributed by atoms with Gasteiger partial charge in [-0.1, -0.05) is 0 Å². The molecule has 0 aromatic carbocycles. The van der Waals surface area contributed by atoms with Gasteiger partial charge in [0.15, 0.2) is 5.96 Å². The van der Waals surface area contributed by atoms with Gasteiger partial charge in [-0.3, -0.25) is 14.7 Å². The van der Waals surface area contributed by atoms with Gasteiger partial charge in [0.25, 0.3) is 0 Å². The maximum atomic E-state index is 12.5.